The van der Waals surface area contributed by atoms with E-state index in [0.717, 1.165) is 18.1 Å². The fourth-order valence-electron chi connectivity index (χ4n) is 3.47. The van der Waals surface area contributed by atoms with Crippen molar-refractivity contribution in [3.8, 4) is 0 Å². The molecule has 1 aliphatic heterocycles. The van der Waals surface area contributed by atoms with Crippen molar-refractivity contribution < 1.29 is 17.6 Å². The van der Waals surface area contributed by atoms with Gasteiger partial charge in [-0.3, -0.25) is 9.79 Å². The van der Waals surface area contributed by atoms with Gasteiger partial charge in [0.2, 0.25) is 0 Å². The van der Waals surface area contributed by atoms with E-state index < -0.39 is 9.84 Å². The third-order valence-corrected chi connectivity index (χ3v) is 6.72. The quantitative estimate of drug-likeness (QED) is 0.379. The monoisotopic (exact) mass is 446 g/mol. The van der Waals surface area contributed by atoms with Gasteiger partial charge < -0.3 is 19.5 Å². The number of hydrogen-bond acceptors (Lipinski definition) is 5. The van der Waals surface area contributed by atoms with E-state index >= 15 is 0 Å². The molecule has 0 unspecified atom stereocenters. The predicted molar refractivity (Wildman–Crippen MR) is 121 cm³/mol. The minimum Gasteiger partial charge on any atom is -0.459 e. The van der Waals surface area contributed by atoms with Gasteiger partial charge in [0.25, 0.3) is 5.91 Å². The van der Waals surface area contributed by atoms with Crippen molar-refractivity contribution in [1.29, 1.82) is 0 Å². The SMILES string of the molecule is CCNC(=NCCCS(=O)(=O)Cc1ccccc1)N1CCN(C(=O)c2ccco2)CC1. The number of amides is 1. The number of carbonyl (C=O) groups is 1. The Morgan fingerprint density at radius 1 is 1.06 bits per heavy atom. The molecule has 2 heterocycles. The predicted octanol–water partition coefficient (Wildman–Crippen LogP) is 2.01. The highest BCUT2D eigenvalue weighted by molar-refractivity contribution is 7.90. The van der Waals surface area contributed by atoms with Crippen molar-refractivity contribution in [1.82, 2.24) is 15.1 Å². The Balaban J connectivity index is 1.48. The van der Waals surface area contributed by atoms with E-state index in [1.54, 1.807) is 17.0 Å². The Labute approximate surface area is 183 Å². The third kappa shape index (κ3) is 6.85. The molecule has 8 nitrogen and oxygen atoms in total. The van der Waals surface area contributed by atoms with Gasteiger partial charge in [0.1, 0.15) is 0 Å². The first kappa shape index (κ1) is 22.9. The van der Waals surface area contributed by atoms with Crippen molar-refractivity contribution in [2.45, 2.75) is 19.1 Å². The lowest BCUT2D eigenvalue weighted by Gasteiger charge is -2.36. The van der Waals surface area contributed by atoms with Crippen LogP contribution in [-0.2, 0) is 15.6 Å². The summed E-state index contributed by atoms with van der Waals surface area (Å²) in [7, 11) is -3.16. The zero-order valence-electron chi connectivity index (χ0n) is 17.9. The van der Waals surface area contributed by atoms with E-state index in [0.29, 0.717) is 44.9 Å². The summed E-state index contributed by atoms with van der Waals surface area (Å²) in [5.74, 6) is 1.17. The minimum absolute atomic E-state index is 0.0588. The van der Waals surface area contributed by atoms with Crippen LogP contribution < -0.4 is 5.32 Å². The molecule has 168 valence electrons. The first-order valence-electron chi connectivity index (χ1n) is 10.6. The van der Waals surface area contributed by atoms with Gasteiger partial charge in [-0.15, -0.1) is 0 Å². The minimum atomic E-state index is -3.16. The molecule has 31 heavy (non-hydrogen) atoms. The highest BCUT2D eigenvalue weighted by Crippen LogP contribution is 2.10. The molecule has 2 aromatic rings. The second-order valence-corrected chi connectivity index (χ2v) is 9.61. The topological polar surface area (TPSA) is 95.2 Å². The fraction of sp³-hybridized carbons (Fsp3) is 0.455. The molecule has 0 spiro atoms. The van der Waals surface area contributed by atoms with Crippen molar-refractivity contribution in [3.63, 3.8) is 0 Å². The summed E-state index contributed by atoms with van der Waals surface area (Å²) in [6.07, 6.45) is 1.97. The molecule has 9 heteroatoms. The van der Waals surface area contributed by atoms with Crippen LogP contribution in [0.1, 0.15) is 29.5 Å². The zero-order chi connectivity index (χ0) is 22.1. The van der Waals surface area contributed by atoms with E-state index in [1.165, 1.54) is 6.26 Å². The molecule has 1 fully saturated rings. The van der Waals surface area contributed by atoms with Crippen molar-refractivity contribution in [2.75, 3.05) is 45.0 Å². The molecule has 0 atom stereocenters. The van der Waals surface area contributed by atoms with Crippen LogP contribution in [0.2, 0.25) is 0 Å². The van der Waals surface area contributed by atoms with E-state index in [2.05, 4.69) is 15.2 Å². The summed E-state index contributed by atoms with van der Waals surface area (Å²) in [4.78, 5) is 20.9. The number of sulfone groups is 1. The number of guanidine groups is 1. The maximum atomic E-state index is 12.4. The van der Waals surface area contributed by atoms with Crippen LogP contribution in [0.25, 0.3) is 0 Å². The summed E-state index contributed by atoms with van der Waals surface area (Å²) in [6.45, 7) is 5.62. The lowest BCUT2D eigenvalue weighted by Crippen LogP contribution is -2.53. The summed E-state index contributed by atoms with van der Waals surface area (Å²) in [5, 5.41) is 3.27. The van der Waals surface area contributed by atoms with Gasteiger partial charge in [-0.2, -0.15) is 0 Å². The summed E-state index contributed by atoms with van der Waals surface area (Å²) < 4.78 is 29.9. The molecule has 1 aliphatic rings. The van der Waals surface area contributed by atoms with Crippen molar-refractivity contribution in [2.24, 2.45) is 4.99 Å². The summed E-state index contributed by atoms with van der Waals surface area (Å²) in [6, 6.07) is 12.6. The highest BCUT2D eigenvalue weighted by Gasteiger charge is 2.25. The van der Waals surface area contributed by atoms with Crippen LogP contribution in [-0.4, -0.2) is 75.1 Å². The number of furan rings is 1. The van der Waals surface area contributed by atoms with Gasteiger partial charge >= 0.3 is 0 Å². The Kier molecular flexibility index (Phi) is 8.11. The number of carbonyl (C=O) groups excluding carboxylic acids is 1. The molecule has 1 aromatic heterocycles. The number of piperazine rings is 1. The number of aliphatic imine (C=N–C) groups is 1. The number of benzene rings is 1. The lowest BCUT2D eigenvalue weighted by atomic mass is 10.2. The van der Waals surface area contributed by atoms with E-state index in [1.807, 2.05) is 37.3 Å². The Bertz CT molecular complexity index is 951. The van der Waals surface area contributed by atoms with Crippen molar-refractivity contribution in [3.05, 3.63) is 60.1 Å². The van der Waals surface area contributed by atoms with Gasteiger partial charge in [-0.05, 0) is 31.0 Å². The number of nitrogens with one attached hydrogen (secondary N) is 1. The van der Waals surface area contributed by atoms with Crippen LogP contribution in [0.15, 0.2) is 58.1 Å². The largest absolute Gasteiger partial charge is 0.459 e. The van der Waals surface area contributed by atoms with Gasteiger partial charge in [0.05, 0.1) is 17.8 Å². The maximum Gasteiger partial charge on any atom is 0.289 e. The van der Waals surface area contributed by atoms with Crippen molar-refractivity contribution >= 4 is 21.7 Å². The molecule has 0 saturated carbocycles. The van der Waals surface area contributed by atoms with Crippen LogP contribution in [0.3, 0.4) is 0 Å². The summed E-state index contributed by atoms with van der Waals surface area (Å²) >= 11 is 0. The first-order valence-corrected chi connectivity index (χ1v) is 12.4. The second kappa shape index (κ2) is 11.0. The highest BCUT2D eigenvalue weighted by atomic mass is 32.2. The van der Waals surface area contributed by atoms with E-state index in [9.17, 15) is 13.2 Å². The van der Waals surface area contributed by atoms with Gasteiger partial charge in [0.15, 0.2) is 21.6 Å². The van der Waals surface area contributed by atoms with Gasteiger partial charge in [-0.1, -0.05) is 30.3 Å². The molecule has 1 saturated heterocycles. The second-order valence-electron chi connectivity index (χ2n) is 7.42. The number of hydrogen-bond donors (Lipinski definition) is 1. The average molecular weight is 447 g/mol. The smallest absolute Gasteiger partial charge is 0.289 e. The van der Waals surface area contributed by atoms with Crippen LogP contribution in [0, 0.1) is 0 Å². The number of nitrogens with zero attached hydrogens (tertiary/aromatic N) is 3. The Morgan fingerprint density at radius 3 is 2.42 bits per heavy atom. The van der Waals surface area contributed by atoms with Crippen LogP contribution in [0.5, 0.6) is 0 Å². The first-order chi connectivity index (χ1) is 15.0. The standard InChI is InChI=1S/C22H30N4O4S/c1-2-23-22(24-11-7-17-31(28,29)18-19-8-4-3-5-9-19)26-14-12-25(13-15-26)21(27)20-10-6-16-30-20/h3-6,8-10,16H,2,7,11-15,17-18H2,1H3,(H,23,24). The molecule has 1 N–H and O–H groups in total. The molecular formula is C22H30N4O4S. The third-order valence-electron chi connectivity index (χ3n) is 5.04. The molecule has 1 aromatic carbocycles. The molecule has 0 bridgehead atoms. The van der Waals surface area contributed by atoms with Gasteiger partial charge in [-0.25, -0.2) is 8.42 Å². The van der Waals surface area contributed by atoms with Gasteiger partial charge in [0, 0.05) is 39.3 Å². The molecule has 1 amide bonds. The summed E-state index contributed by atoms with van der Waals surface area (Å²) in [5.41, 5.74) is 0.807. The van der Waals surface area contributed by atoms with Crippen LogP contribution in [0.4, 0.5) is 0 Å². The zero-order valence-corrected chi connectivity index (χ0v) is 18.7. The molecular weight excluding hydrogens is 416 g/mol. The Hall–Kier alpha value is -2.81. The molecule has 3 rings (SSSR count). The lowest BCUT2D eigenvalue weighted by molar-refractivity contribution is 0.0657. The van der Waals surface area contributed by atoms with E-state index in [4.69, 9.17) is 4.42 Å². The fourth-order valence-corrected chi connectivity index (χ4v) is 4.89. The Morgan fingerprint density at radius 2 is 1.77 bits per heavy atom. The average Bonchev–Trinajstić information content (AvgIpc) is 3.31. The maximum absolute atomic E-state index is 12.4. The normalized spacial score (nSPS) is 15.2. The molecule has 0 radical (unpaired) electrons. The van der Waals surface area contributed by atoms with Crippen LogP contribution >= 0.6 is 0 Å². The molecule has 0 aliphatic carbocycles. The van der Waals surface area contributed by atoms with E-state index in [-0.39, 0.29) is 17.4 Å². The number of rotatable bonds is 8.